The zero-order valence-corrected chi connectivity index (χ0v) is 15.5. The van der Waals surface area contributed by atoms with E-state index in [0.717, 1.165) is 49.6 Å². The van der Waals surface area contributed by atoms with Crippen molar-refractivity contribution in [3.63, 3.8) is 0 Å². The van der Waals surface area contributed by atoms with Crippen LogP contribution in [0.4, 0.5) is 26.3 Å². The van der Waals surface area contributed by atoms with Gasteiger partial charge in [-0.3, -0.25) is 0 Å². The highest BCUT2D eigenvalue weighted by molar-refractivity contribution is 5.84. The predicted octanol–water partition coefficient (Wildman–Crippen LogP) is 7.26. The minimum Gasteiger partial charge on any atom is -0.429 e. The molecule has 0 radical (unpaired) electrons. The van der Waals surface area contributed by atoms with Gasteiger partial charge in [-0.25, -0.2) is 17.6 Å². The van der Waals surface area contributed by atoms with Crippen molar-refractivity contribution in [2.75, 3.05) is 0 Å². The Hall–Kier alpha value is -2.70. The number of hydrogen-bond acceptors (Lipinski definition) is 1. The van der Waals surface area contributed by atoms with Gasteiger partial charge in [-0.15, -0.1) is 0 Å². The lowest BCUT2D eigenvalue weighted by molar-refractivity contribution is -0.187. The van der Waals surface area contributed by atoms with Gasteiger partial charge in [0.1, 0.15) is 11.6 Å². The summed E-state index contributed by atoms with van der Waals surface area (Å²) in [5.74, 6) is -6.09. The van der Waals surface area contributed by atoms with Crippen LogP contribution in [0.3, 0.4) is 0 Å². The summed E-state index contributed by atoms with van der Waals surface area (Å²) in [5.41, 5.74) is -0.345. The molecule has 0 aromatic heterocycles. The SMILES string of the molecule is CCCCCc1ccc(C(F)(F)Oc2ccc3c(F)c(F)c(F)cc3c2)c(F)c1. The zero-order chi connectivity index (χ0) is 21.2. The second kappa shape index (κ2) is 8.35. The Bertz CT molecular complexity index is 1030. The van der Waals surface area contributed by atoms with Crippen molar-refractivity contribution >= 4 is 10.8 Å². The van der Waals surface area contributed by atoms with Crippen LogP contribution >= 0.6 is 0 Å². The minimum absolute atomic E-state index is 0.165. The molecule has 0 saturated heterocycles. The van der Waals surface area contributed by atoms with Gasteiger partial charge in [-0.2, -0.15) is 8.78 Å². The second-order valence-electron chi connectivity index (χ2n) is 6.76. The highest BCUT2D eigenvalue weighted by Gasteiger charge is 2.37. The first-order chi connectivity index (χ1) is 13.7. The quantitative estimate of drug-likeness (QED) is 0.225. The number of aryl methyl sites for hydroxylation is 1. The van der Waals surface area contributed by atoms with Gasteiger partial charge < -0.3 is 4.74 Å². The summed E-state index contributed by atoms with van der Waals surface area (Å²) in [4.78, 5) is 0. The molecule has 0 atom stereocenters. The molecule has 0 saturated carbocycles. The highest BCUT2D eigenvalue weighted by Crippen LogP contribution is 2.35. The molecule has 3 aromatic carbocycles. The van der Waals surface area contributed by atoms with Crippen LogP contribution in [0, 0.1) is 23.3 Å². The number of alkyl halides is 2. The molecule has 0 aliphatic carbocycles. The average molecular weight is 412 g/mol. The number of benzene rings is 3. The van der Waals surface area contributed by atoms with Gasteiger partial charge in [0.2, 0.25) is 0 Å². The maximum atomic E-state index is 14.5. The molecule has 0 heterocycles. The van der Waals surface area contributed by atoms with Crippen molar-refractivity contribution in [1.82, 2.24) is 0 Å². The number of rotatable bonds is 7. The lowest BCUT2D eigenvalue weighted by Crippen LogP contribution is -2.23. The normalized spacial score (nSPS) is 11.8. The van der Waals surface area contributed by atoms with E-state index < -0.39 is 40.7 Å². The number of hydrogen-bond donors (Lipinski definition) is 0. The van der Waals surface area contributed by atoms with Gasteiger partial charge >= 0.3 is 6.11 Å². The molecule has 1 nitrogen and oxygen atoms in total. The topological polar surface area (TPSA) is 9.23 Å². The van der Waals surface area contributed by atoms with E-state index in [4.69, 9.17) is 0 Å². The summed E-state index contributed by atoms with van der Waals surface area (Å²) in [5, 5.41) is -0.455. The van der Waals surface area contributed by atoms with Gasteiger partial charge in [0.05, 0.1) is 5.56 Å². The Kier molecular flexibility index (Phi) is 6.05. The van der Waals surface area contributed by atoms with Crippen molar-refractivity contribution in [3.8, 4) is 5.75 Å². The summed E-state index contributed by atoms with van der Waals surface area (Å²) < 4.78 is 88.3. The maximum absolute atomic E-state index is 14.5. The summed E-state index contributed by atoms with van der Waals surface area (Å²) in [6, 6.07) is 7.01. The molecule has 0 amide bonds. The number of fused-ring (bicyclic) bond motifs is 1. The van der Waals surface area contributed by atoms with Gasteiger partial charge in [0, 0.05) is 5.39 Å². The Morgan fingerprint density at radius 3 is 2.28 bits per heavy atom. The zero-order valence-electron chi connectivity index (χ0n) is 15.5. The van der Waals surface area contributed by atoms with E-state index in [9.17, 15) is 26.3 Å². The Labute approximate surface area is 163 Å². The van der Waals surface area contributed by atoms with Gasteiger partial charge in [-0.05, 0) is 60.2 Å². The smallest absolute Gasteiger partial charge is 0.429 e. The standard InChI is InChI=1S/C22H18F6O/c1-2-3-4-5-13-6-9-17(18(23)10-13)22(27,28)29-15-7-8-16-14(11-15)12-19(24)21(26)20(16)25/h6-12H,2-5H2,1H3. The first-order valence-electron chi connectivity index (χ1n) is 9.16. The van der Waals surface area contributed by atoms with Crippen LogP contribution in [-0.4, -0.2) is 0 Å². The van der Waals surface area contributed by atoms with E-state index in [0.29, 0.717) is 18.1 Å². The first-order valence-corrected chi connectivity index (χ1v) is 9.16. The number of halogens is 6. The monoisotopic (exact) mass is 412 g/mol. The molecular weight excluding hydrogens is 394 g/mol. The molecular formula is C22H18F6O. The highest BCUT2D eigenvalue weighted by atomic mass is 19.3. The average Bonchev–Trinajstić information content (AvgIpc) is 2.66. The van der Waals surface area contributed by atoms with Crippen molar-refractivity contribution in [2.45, 2.75) is 38.7 Å². The Morgan fingerprint density at radius 1 is 0.828 bits per heavy atom. The third kappa shape index (κ3) is 4.49. The summed E-state index contributed by atoms with van der Waals surface area (Å²) in [6.07, 6.45) is -0.673. The van der Waals surface area contributed by atoms with Crippen LogP contribution in [-0.2, 0) is 12.5 Å². The number of unbranched alkanes of at least 4 members (excludes halogenated alkanes) is 2. The summed E-state index contributed by atoms with van der Waals surface area (Å²) in [6.45, 7) is 2.02. The fraction of sp³-hybridized carbons (Fsp3) is 0.273. The molecule has 0 aliphatic rings. The molecule has 0 fully saturated rings. The fourth-order valence-electron chi connectivity index (χ4n) is 3.08. The van der Waals surface area contributed by atoms with Gasteiger partial charge in [0.15, 0.2) is 17.5 Å². The third-order valence-electron chi connectivity index (χ3n) is 4.61. The van der Waals surface area contributed by atoms with E-state index in [2.05, 4.69) is 4.74 Å². The van der Waals surface area contributed by atoms with Crippen LogP contribution in [0.2, 0.25) is 0 Å². The predicted molar refractivity (Wildman–Crippen MR) is 98.0 cm³/mol. The molecule has 0 unspecified atom stereocenters. The first kappa shape index (κ1) is 21.0. The molecule has 7 heteroatoms. The Balaban J connectivity index is 1.86. The van der Waals surface area contributed by atoms with E-state index in [1.165, 1.54) is 6.07 Å². The maximum Gasteiger partial charge on any atom is 0.429 e. The van der Waals surface area contributed by atoms with Gasteiger partial charge in [0.25, 0.3) is 0 Å². The van der Waals surface area contributed by atoms with Crippen LogP contribution in [0.25, 0.3) is 10.8 Å². The molecule has 0 aliphatic heterocycles. The van der Waals surface area contributed by atoms with Crippen molar-refractivity contribution < 1.29 is 31.1 Å². The van der Waals surface area contributed by atoms with E-state index in [-0.39, 0.29) is 10.8 Å². The summed E-state index contributed by atoms with van der Waals surface area (Å²) in [7, 11) is 0. The van der Waals surface area contributed by atoms with E-state index in [1.807, 2.05) is 6.92 Å². The third-order valence-corrected chi connectivity index (χ3v) is 4.61. The molecule has 29 heavy (non-hydrogen) atoms. The lowest BCUT2D eigenvalue weighted by atomic mass is 10.0. The van der Waals surface area contributed by atoms with Crippen LogP contribution in [0.5, 0.6) is 5.75 Å². The van der Waals surface area contributed by atoms with Crippen molar-refractivity contribution in [1.29, 1.82) is 0 Å². The minimum atomic E-state index is -4.02. The molecule has 0 N–H and O–H groups in total. The van der Waals surface area contributed by atoms with Crippen LogP contribution in [0.1, 0.15) is 37.3 Å². The van der Waals surface area contributed by atoms with Crippen molar-refractivity contribution in [3.05, 3.63) is 76.9 Å². The van der Waals surface area contributed by atoms with Crippen LogP contribution in [0.15, 0.2) is 42.5 Å². The largest absolute Gasteiger partial charge is 0.429 e. The molecule has 0 spiro atoms. The fourth-order valence-corrected chi connectivity index (χ4v) is 3.08. The van der Waals surface area contributed by atoms with Crippen LogP contribution < -0.4 is 4.74 Å². The molecule has 0 bridgehead atoms. The second-order valence-corrected chi connectivity index (χ2v) is 6.76. The lowest BCUT2D eigenvalue weighted by Gasteiger charge is -2.19. The molecule has 3 rings (SSSR count). The molecule has 3 aromatic rings. The van der Waals surface area contributed by atoms with E-state index >= 15 is 0 Å². The summed E-state index contributed by atoms with van der Waals surface area (Å²) >= 11 is 0. The number of ether oxygens (including phenoxy) is 1. The van der Waals surface area contributed by atoms with Gasteiger partial charge in [-0.1, -0.05) is 25.8 Å². The Morgan fingerprint density at radius 2 is 1.59 bits per heavy atom. The molecule has 154 valence electrons. The van der Waals surface area contributed by atoms with E-state index in [1.54, 1.807) is 0 Å². The van der Waals surface area contributed by atoms with Crippen molar-refractivity contribution in [2.24, 2.45) is 0 Å².